The Labute approximate surface area is 121 Å². The number of anilines is 1. The van der Waals surface area contributed by atoms with Crippen LogP contribution in [0.25, 0.3) is 0 Å². The van der Waals surface area contributed by atoms with Crippen LogP contribution in [-0.2, 0) is 6.18 Å². The molecule has 2 aliphatic heterocycles. The minimum absolute atomic E-state index is 0.215. The second-order valence-corrected chi connectivity index (χ2v) is 5.70. The molecule has 4 nitrogen and oxygen atoms in total. The number of piperidine rings is 1. The number of halogens is 3. The molecule has 3 rings (SSSR count). The van der Waals surface area contributed by atoms with Gasteiger partial charge in [-0.05, 0) is 25.0 Å². The molecule has 0 saturated carbocycles. The Kier molecular flexibility index (Phi) is 3.79. The smallest absolute Gasteiger partial charge is 0.390 e. The van der Waals surface area contributed by atoms with Crippen molar-refractivity contribution in [1.29, 1.82) is 0 Å². The van der Waals surface area contributed by atoms with Crippen molar-refractivity contribution in [2.75, 3.05) is 31.1 Å². The second-order valence-electron chi connectivity index (χ2n) is 5.70. The van der Waals surface area contributed by atoms with Gasteiger partial charge in [-0.1, -0.05) is 6.07 Å². The summed E-state index contributed by atoms with van der Waals surface area (Å²) in [5.74, 6) is 0.395. The topological polar surface area (TPSA) is 39.6 Å². The number of alkyl halides is 3. The van der Waals surface area contributed by atoms with Crippen molar-refractivity contribution in [2.45, 2.75) is 31.2 Å². The normalized spacial score (nSPS) is 22.4. The number of aliphatic hydroxyl groups excluding tert-OH is 1. The fraction of sp³-hybridized carbons (Fsp3) is 0.643. The van der Waals surface area contributed by atoms with Crippen LogP contribution in [0.15, 0.2) is 18.2 Å². The van der Waals surface area contributed by atoms with Crippen molar-refractivity contribution in [1.82, 2.24) is 9.88 Å². The van der Waals surface area contributed by atoms with Crippen LogP contribution in [0, 0.1) is 0 Å². The van der Waals surface area contributed by atoms with Gasteiger partial charge in [-0.3, -0.25) is 4.90 Å². The highest BCUT2D eigenvalue weighted by atomic mass is 19.4. The zero-order valence-corrected chi connectivity index (χ0v) is 11.6. The molecule has 2 saturated heterocycles. The molecule has 0 aliphatic carbocycles. The van der Waals surface area contributed by atoms with Gasteiger partial charge in [0.1, 0.15) is 11.5 Å². The molecule has 2 fully saturated rings. The molecule has 1 N–H and O–H groups in total. The molecule has 21 heavy (non-hydrogen) atoms. The van der Waals surface area contributed by atoms with Crippen LogP contribution >= 0.6 is 0 Å². The number of pyridine rings is 1. The van der Waals surface area contributed by atoms with Crippen molar-refractivity contribution in [3.8, 4) is 0 Å². The first-order valence-electron chi connectivity index (χ1n) is 7.15. The Bertz CT molecular complexity index is 494. The quantitative estimate of drug-likeness (QED) is 0.903. The van der Waals surface area contributed by atoms with Gasteiger partial charge >= 0.3 is 6.18 Å². The highest BCUT2D eigenvalue weighted by Crippen LogP contribution is 2.30. The SMILES string of the molecule is OC1CN(C2CCN(c3cccc(C(F)(F)F)n3)CC2)C1. The average molecular weight is 301 g/mol. The molecule has 0 bridgehead atoms. The van der Waals surface area contributed by atoms with Crippen LogP contribution in [-0.4, -0.2) is 53.3 Å². The van der Waals surface area contributed by atoms with Gasteiger partial charge in [0, 0.05) is 32.2 Å². The molecular weight excluding hydrogens is 283 g/mol. The van der Waals surface area contributed by atoms with Crippen LogP contribution < -0.4 is 4.90 Å². The van der Waals surface area contributed by atoms with Gasteiger partial charge in [-0.15, -0.1) is 0 Å². The fourth-order valence-corrected chi connectivity index (χ4v) is 3.00. The van der Waals surface area contributed by atoms with Crippen LogP contribution in [0.3, 0.4) is 0 Å². The zero-order valence-electron chi connectivity index (χ0n) is 11.6. The fourth-order valence-electron chi connectivity index (χ4n) is 3.00. The van der Waals surface area contributed by atoms with Gasteiger partial charge in [-0.25, -0.2) is 4.98 Å². The molecule has 0 spiro atoms. The highest BCUT2D eigenvalue weighted by molar-refractivity contribution is 5.40. The summed E-state index contributed by atoms with van der Waals surface area (Å²) in [7, 11) is 0. The van der Waals surface area contributed by atoms with Crippen molar-refractivity contribution in [3.63, 3.8) is 0 Å². The van der Waals surface area contributed by atoms with E-state index < -0.39 is 11.9 Å². The summed E-state index contributed by atoms with van der Waals surface area (Å²) in [5, 5.41) is 9.32. The number of rotatable bonds is 2. The molecule has 0 atom stereocenters. The van der Waals surface area contributed by atoms with E-state index in [1.165, 1.54) is 6.07 Å². The van der Waals surface area contributed by atoms with Crippen LogP contribution in [0.5, 0.6) is 0 Å². The van der Waals surface area contributed by atoms with Gasteiger partial charge < -0.3 is 10.0 Å². The molecule has 116 valence electrons. The maximum Gasteiger partial charge on any atom is 0.433 e. The number of hydrogen-bond donors (Lipinski definition) is 1. The van der Waals surface area contributed by atoms with Gasteiger partial charge in [0.15, 0.2) is 0 Å². The number of likely N-dealkylation sites (tertiary alicyclic amines) is 1. The first kappa shape index (κ1) is 14.6. The van der Waals surface area contributed by atoms with E-state index in [9.17, 15) is 18.3 Å². The lowest BCUT2D eigenvalue weighted by Crippen LogP contribution is -2.57. The summed E-state index contributed by atoms with van der Waals surface area (Å²) in [6.45, 7) is 2.83. The monoisotopic (exact) mass is 301 g/mol. The van der Waals surface area contributed by atoms with E-state index in [0.29, 0.717) is 38.0 Å². The summed E-state index contributed by atoms with van der Waals surface area (Å²) >= 11 is 0. The maximum atomic E-state index is 12.7. The molecule has 0 amide bonds. The average Bonchev–Trinajstić information content (AvgIpc) is 2.43. The molecular formula is C14H18F3N3O. The Morgan fingerprint density at radius 2 is 1.81 bits per heavy atom. The van der Waals surface area contributed by atoms with Crippen molar-refractivity contribution in [3.05, 3.63) is 23.9 Å². The van der Waals surface area contributed by atoms with E-state index in [-0.39, 0.29) is 6.10 Å². The molecule has 7 heteroatoms. The van der Waals surface area contributed by atoms with E-state index in [1.807, 2.05) is 4.90 Å². The van der Waals surface area contributed by atoms with E-state index in [1.54, 1.807) is 6.07 Å². The van der Waals surface area contributed by atoms with E-state index in [2.05, 4.69) is 9.88 Å². The van der Waals surface area contributed by atoms with Crippen LogP contribution in [0.4, 0.5) is 19.0 Å². The lowest BCUT2D eigenvalue weighted by atomic mass is 9.98. The third kappa shape index (κ3) is 3.13. The maximum absolute atomic E-state index is 12.7. The third-order valence-corrected chi connectivity index (χ3v) is 4.22. The Balaban J connectivity index is 1.62. The second kappa shape index (κ2) is 5.46. The molecule has 1 aromatic rings. The Morgan fingerprint density at radius 1 is 1.14 bits per heavy atom. The Hall–Kier alpha value is -1.34. The summed E-state index contributed by atoms with van der Waals surface area (Å²) in [4.78, 5) is 7.87. The van der Waals surface area contributed by atoms with E-state index in [4.69, 9.17) is 0 Å². The molecule has 0 unspecified atom stereocenters. The highest BCUT2D eigenvalue weighted by Gasteiger charge is 2.35. The predicted octanol–water partition coefficient (Wildman–Crippen LogP) is 1.75. The number of aliphatic hydroxyl groups is 1. The predicted molar refractivity (Wildman–Crippen MR) is 72.1 cm³/mol. The minimum atomic E-state index is -4.40. The first-order valence-corrected chi connectivity index (χ1v) is 7.15. The van der Waals surface area contributed by atoms with Gasteiger partial charge in [-0.2, -0.15) is 13.2 Å². The minimum Gasteiger partial charge on any atom is -0.390 e. The summed E-state index contributed by atoms with van der Waals surface area (Å²) < 4.78 is 38.0. The van der Waals surface area contributed by atoms with Crippen LogP contribution in [0.2, 0.25) is 0 Å². The molecule has 1 aromatic heterocycles. The third-order valence-electron chi connectivity index (χ3n) is 4.22. The summed E-state index contributed by atoms with van der Waals surface area (Å²) in [6.07, 6.45) is -2.83. The van der Waals surface area contributed by atoms with E-state index >= 15 is 0 Å². The lowest BCUT2D eigenvalue weighted by Gasteiger charge is -2.45. The Morgan fingerprint density at radius 3 is 2.38 bits per heavy atom. The standard InChI is InChI=1S/C14H18F3N3O/c15-14(16,17)12-2-1-3-13(18-12)19-6-4-10(5-7-19)20-8-11(21)9-20/h1-3,10-11,21H,4-9H2. The molecule has 2 aliphatic rings. The van der Waals surface area contributed by atoms with Crippen LogP contribution in [0.1, 0.15) is 18.5 Å². The van der Waals surface area contributed by atoms with Gasteiger partial charge in [0.2, 0.25) is 0 Å². The van der Waals surface area contributed by atoms with Crippen molar-refractivity contribution >= 4 is 5.82 Å². The molecule has 3 heterocycles. The zero-order chi connectivity index (χ0) is 15.0. The van der Waals surface area contributed by atoms with Crippen molar-refractivity contribution in [2.24, 2.45) is 0 Å². The number of hydrogen-bond acceptors (Lipinski definition) is 4. The van der Waals surface area contributed by atoms with Gasteiger partial charge in [0.05, 0.1) is 6.10 Å². The van der Waals surface area contributed by atoms with E-state index in [0.717, 1.165) is 18.9 Å². The number of nitrogens with zero attached hydrogens (tertiary/aromatic N) is 3. The number of β-amino-alcohol motifs (C(OH)–C–C–N with tert-alkyl or cyclic N) is 1. The largest absolute Gasteiger partial charge is 0.433 e. The number of aromatic nitrogens is 1. The summed E-state index contributed by atoms with van der Waals surface area (Å²) in [5.41, 5.74) is -0.840. The van der Waals surface area contributed by atoms with Crippen molar-refractivity contribution < 1.29 is 18.3 Å². The molecule has 0 radical (unpaired) electrons. The van der Waals surface area contributed by atoms with Gasteiger partial charge in [0.25, 0.3) is 0 Å². The first-order chi connectivity index (χ1) is 9.93. The lowest BCUT2D eigenvalue weighted by molar-refractivity contribution is -0.141. The summed E-state index contributed by atoms with van der Waals surface area (Å²) in [6, 6.07) is 4.46. The molecule has 0 aromatic carbocycles.